The van der Waals surface area contributed by atoms with Gasteiger partial charge in [0.2, 0.25) is 5.43 Å². The lowest BCUT2D eigenvalue weighted by Gasteiger charge is -2.39. The molecular weight excluding hydrogens is 375 g/mol. The zero-order chi connectivity index (χ0) is 18.8. The molecule has 3 aliphatic rings. The highest BCUT2D eigenvalue weighted by molar-refractivity contribution is 7.99. The summed E-state index contributed by atoms with van der Waals surface area (Å²) >= 11 is 1.31. The van der Waals surface area contributed by atoms with Crippen molar-refractivity contribution >= 4 is 34.3 Å². The Balaban J connectivity index is 1.56. The summed E-state index contributed by atoms with van der Waals surface area (Å²) in [6.07, 6.45) is 1.30. The van der Waals surface area contributed by atoms with Crippen LogP contribution in [0.25, 0.3) is 10.9 Å². The van der Waals surface area contributed by atoms with Gasteiger partial charge in [-0.05, 0) is 12.1 Å². The van der Waals surface area contributed by atoms with E-state index in [-0.39, 0.29) is 10.9 Å². The van der Waals surface area contributed by atoms with Crippen LogP contribution in [-0.4, -0.2) is 47.7 Å². The van der Waals surface area contributed by atoms with E-state index in [2.05, 4.69) is 0 Å². The van der Waals surface area contributed by atoms with Crippen molar-refractivity contribution in [2.24, 2.45) is 0 Å². The number of carbonyl (C=O) groups is 1. The Bertz CT molecular complexity index is 1020. The fraction of sp³-hybridized carbons (Fsp3) is 0.444. The minimum absolute atomic E-state index is 0.105. The number of carboxylic acid groups (broad SMARTS) is 1. The highest BCUT2D eigenvalue weighted by Gasteiger charge is 2.40. The fourth-order valence-electron chi connectivity index (χ4n) is 4.07. The molecule has 0 saturated carbocycles. The van der Waals surface area contributed by atoms with Crippen LogP contribution in [-0.2, 0) is 15.4 Å². The Morgan fingerprint density at radius 1 is 1.22 bits per heavy atom. The third-order valence-corrected chi connectivity index (χ3v) is 6.60. The number of halogens is 1. The summed E-state index contributed by atoms with van der Waals surface area (Å²) in [5, 5.41) is 9.88. The molecule has 7 nitrogen and oxygen atoms in total. The minimum Gasteiger partial charge on any atom is -0.477 e. The van der Waals surface area contributed by atoms with Crippen molar-refractivity contribution in [3.05, 3.63) is 33.7 Å². The van der Waals surface area contributed by atoms with Crippen LogP contribution in [0, 0.1) is 5.82 Å². The SMILES string of the molecule is O=C(O)c1c2n(c3cc(N4CCC5(CC4)OCCO5)c(F)cc3c1=O)CS2. The van der Waals surface area contributed by atoms with E-state index in [1.807, 2.05) is 4.90 Å². The quantitative estimate of drug-likeness (QED) is 0.840. The number of fused-ring (bicyclic) bond motifs is 3. The molecule has 0 unspecified atom stereocenters. The first-order valence-corrected chi connectivity index (χ1v) is 9.77. The number of anilines is 1. The van der Waals surface area contributed by atoms with Crippen LogP contribution >= 0.6 is 11.8 Å². The third kappa shape index (κ3) is 2.49. The molecule has 0 aliphatic carbocycles. The average molecular weight is 392 g/mol. The fourth-order valence-corrected chi connectivity index (χ4v) is 5.02. The number of carboxylic acids is 1. The maximum absolute atomic E-state index is 14.8. The van der Waals surface area contributed by atoms with Gasteiger partial charge >= 0.3 is 5.97 Å². The van der Waals surface area contributed by atoms with Gasteiger partial charge in [-0.3, -0.25) is 4.79 Å². The van der Waals surface area contributed by atoms with Crippen molar-refractivity contribution in [1.82, 2.24) is 4.57 Å². The lowest BCUT2D eigenvalue weighted by Crippen LogP contribution is -2.45. The van der Waals surface area contributed by atoms with Crippen molar-refractivity contribution in [2.45, 2.75) is 29.5 Å². The van der Waals surface area contributed by atoms with Crippen molar-refractivity contribution in [1.29, 1.82) is 0 Å². The Kier molecular flexibility index (Phi) is 3.75. The van der Waals surface area contributed by atoms with Gasteiger partial charge < -0.3 is 24.0 Å². The van der Waals surface area contributed by atoms with Crippen LogP contribution in [0.5, 0.6) is 0 Å². The third-order valence-electron chi connectivity index (χ3n) is 5.51. The van der Waals surface area contributed by atoms with Crippen molar-refractivity contribution in [2.75, 3.05) is 31.2 Å². The van der Waals surface area contributed by atoms with Gasteiger partial charge in [-0.1, -0.05) is 11.8 Å². The molecule has 27 heavy (non-hydrogen) atoms. The van der Waals surface area contributed by atoms with Gasteiger partial charge in [0.25, 0.3) is 0 Å². The Morgan fingerprint density at radius 3 is 2.52 bits per heavy atom. The van der Waals surface area contributed by atoms with Gasteiger partial charge in [0, 0.05) is 31.3 Å². The lowest BCUT2D eigenvalue weighted by molar-refractivity contribution is -0.169. The van der Waals surface area contributed by atoms with E-state index in [4.69, 9.17) is 9.47 Å². The summed E-state index contributed by atoms with van der Waals surface area (Å²) in [7, 11) is 0. The zero-order valence-electron chi connectivity index (χ0n) is 14.4. The number of pyridine rings is 1. The number of ether oxygens (including phenoxy) is 2. The predicted molar refractivity (Wildman–Crippen MR) is 97.1 cm³/mol. The summed E-state index contributed by atoms with van der Waals surface area (Å²) < 4.78 is 28.0. The molecule has 142 valence electrons. The lowest BCUT2D eigenvalue weighted by atomic mass is 10.0. The van der Waals surface area contributed by atoms with Crippen molar-refractivity contribution < 1.29 is 23.8 Å². The molecule has 1 spiro atoms. The summed E-state index contributed by atoms with van der Waals surface area (Å²) in [6, 6.07) is 2.83. The molecule has 3 aliphatic heterocycles. The molecule has 2 fully saturated rings. The molecule has 1 N–H and O–H groups in total. The molecule has 0 amide bonds. The minimum atomic E-state index is -1.28. The van der Waals surface area contributed by atoms with Gasteiger partial charge in [-0.15, -0.1) is 0 Å². The van der Waals surface area contributed by atoms with E-state index in [9.17, 15) is 19.1 Å². The van der Waals surface area contributed by atoms with Gasteiger partial charge in [-0.2, -0.15) is 0 Å². The summed E-state index contributed by atoms with van der Waals surface area (Å²) in [5.41, 5.74) is 0.0846. The van der Waals surface area contributed by atoms with Gasteiger partial charge in [-0.25, -0.2) is 9.18 Å². The average Bonchev–Trinajstić information content (AvgIpc) is 3.07. The summed E-state index contributed by atoms with van der Waals surface area (Å²) in [6.45, 7) is 2.34. The van der Waals surface area contributed by atoms with E-state index in [1.54, 1.807) is 10.6 Å². The Morgan fingerprint density at radius 2 is 1.93 bits per heavy atom. The molecule has 0 radical (unpaired) electrons. The van der Waals surface area contributed by atoms with Crippen molar-refractivity contribution in [3.8, 4) is 0 Å². The number of thioether (sulfide) groups is 1. The monoisotopic (exact) mass is 392 g/mol. The number of nitrogens with zero attached hydrogens (tertiary/aromatic N) is 2. The van der Waals surface area contributed by atoms with Crippen LogP contribution in [0.4, 0.5) is 10.1 Å². The normalized spacial score (nSPS) is 20.7. The largest absolute Gasteiger partial charge is 0.477 e. The molecule has 0 bridgehead atoms. The van der Waals surface area contributed by atoms with E-state index in [0.29, 0.717) is 61.3 Å². The first kappa shape index (κ1) is 17.0. The van der Waals surface area contributed by atoms with E-state index in [0.717, 1.165) is 0 Å². The number of aromatic carboxylic acids is 1. The number of benzene rings is 1. The number of aromatic nitrogens is 1. The maximum atomic E-state index is 14.8. The molecule has 1 aromatic carbocycles. The molecule has 4 heterocycles. The number of hydrogen-bond donors (Lipinski definition) is 1. The predicted octanol–water partition coefficient (Wildman–Crippen LogP) is 2.25. The van der Waals surface area contributed by atoms with Crippen LogP contribution < -0.4 is 10.3 Å². The number of hydrogen-bond acceptors (Lipinski definition) is 6. The number of rotatable bonds is 2. The Labute approximate surface area is 157 Å². The molecule has 0 atom stereocenters. The second-order valence-corrected chi connectivity index (χ2v) is 7.86. The van der Waals surface area contributed by atoms with E-state index >= 15 is 0 Å². The molecule has 2 saturated heterocycles. The first-order valence-electron chi connectivity index (χ1n) is 8.78. The zero-order valence-corrected chi connectivity index (χ0v) is 15.2. The molecular formula is C18H17FN2O5S. The van der Waals surface area contributed by atoms with Crippen molar-refractivity contribution in [3.63, 3.8) is 0 Å². The van der Waals surface area contributed by atoms with Crippen LogP contribution in [0.2, 0.25) is 0 Å². The summed E-state index contributed by atoms with van der Waals surface area (Å²) in [4.78, 5) is 25.9. The highest BCUT2D eigenvalue weighted by Crippen LogP contribution is 2.39. The van der Waals surface area contributed by atoms with E-state index < -0.39 is 23.0 Å². The van der Waals surface area contributed by atoms with Gasteiger partial charge in [0.1, 0.15) is 11.4 Å². The Hall–Kier alpha value is -2.10. The molecule has 1 aromatic heterocycles. The van der Waals surface area contributed by atoms with Crippen LogP contribution in [0.3, 0.4) is 0 Å². The highest BCUT2D eigenvalue weighted by atomic mass is 32.2. The standard InChI is InChI=1S/C18H17FN2O5S/c19-11-7-10-12(21-9-27-16(21)14(15(10)22)17(23)24)8-13(11)20-3-1-18(2-4-20)25-5-6-26-18/h7-8H,1-6,9H2,(H,23,24). The summed E-state index contributed by atoms with van der Waals surface area (Å²) in [5.74, 6) is -1.80. The molecule has 2 aromatic rings. The van der Waals surface area contributed by atoms with Crippen LogP contribution in [0.15, 0.2) is 22.0 Å². The first-order chi connectivity index (χ1) is 13.0. The van der Waals surface area contributed by atoms with Crippen LogP contribution in [0.1, 0.15) is 23.2 Å². The van der Waals surface area contributed by atoms with Gasteiger partial charge in [0.15, 0.2) is 5.79 Å². The molecule has 5 rings (SSSR count). The smallest absolute Gasteiger partial charge is 0.342 e. The van der Waals surface area contributed by atoms with Gasteiger partial charge in [0.05, 0.1) is 35.3 Å². The topological polar surface area (TPSA) is 81.0 Å². The second-order valence-electron chi connectivity index (χ2n) is 6.93. The maximum Gasteiger partial charge on any atom is 0.342 e. The molecule has 9 heteroatoms. The van der Waals surface area contributed by atoms with E-state index in [1.165, 1.54) is 17.8 Å². The number of piperidine rings is 1. The second kappa shape index (κ2) is 5.95.